The number of carbonyl (C=O) groups is 2. The highest BCUT2D eigenvalue weighted by Gasteiger charge is 2.08. The number of nitrogens with one attached hydrogen (secondary N) is 3. The molecule has 2 amide bonds. The van der Waals surface area contributed by atoms with Crippen LogP contribution in [0.15, 0.2) is 53.3 Å². The minimum atomic E-state index is -0.477. The number of nitrogens with zero attached hydrogens (tertiary/aromatic N) is 1. The lowest BCUT2D eigenvalue weighted by molar-refractivity contribution is -0.130. The van der Waals surface area contributed by atoms with Crippen molar-refractivity contribution < 1.29 is 14.3 Å². The number of para-hydroxylation sites is 1. The second-order valence-electron chi connectivity index (χ2n) is 6.41. The number of ether oxygens (including phenoxy) is 1. The molecule has 0 aliphatic carbocycles. The molecule has 3 aromatic rings. The second-order valence-corrected chi connectivity index (χ2v) is 6.41. The number of aromatic nitrogens is 2. The van der Waals surface area contributed by atoms with Gasteiger partial charge in [0.1, 0.15) is 11.6 Å². The molecule has 3 rings (SSSR count). The molecule has 0 bridgehead atoms. The Balaban J connectivity index is 1.42. The van der Waals surface area contributed by atoms with Crippen LogP contribution in [0.3, 0.4) is 0 Å². The molecule has 150 valence electrons. The lowest BCUT2D eigenvalue weighted by Crippen LogP contribution is -2.44. The van der Waals surface area contributed by atoms with Crippen molar-refractivity contribution in [2.75, 3.05) is 6.61 Å². The van der Waals surface area contributed by atoms with Gasteiger partial charge in [-0.3, -0.25) is 25.2 Å². The fourth-order valence-corrected chi connectivity index (χ4v) is 2.69. The summed E-state index contributed by atoms with van der Waals surface area (Å²) in [5.41, 5.74) is 6.12. The van der Waals surface area contributed by atoms with Crippen LogP contribution in [0.4, 0.5) is 0 Å². The van der Waals surface area contributed by atoms with Crippen LogP contribution < -0.4 is 21.1 Å². The lowest BCUT2D eigenvalue weighted by Gasteiger charge is -2.09. The molecule has 0 saturated heterocycles. The fourth-order valence-electron chi connectivity index (χ4n) is 2.69. The van der Waals surface area contributed by atoms with Gasteiger partial charge in [0.25, 0.3) is 11.5 Å². The zero-order valence-corrected chi connectivity index (χ0v) is 16.0. The number of benzene rings is 2. The first kappa shape index (κ1) is 20.1. The zero-order chi connectivity index (χ0) is 20.6. The summed E-state index contributed by atoms with van der Waals surface area (Å²) in [5, 5.41) is 0.497. The topological polar surface area (TPSA) is 113 Å². The minimum Gasteiger partial charge on any atom is -0.484 e. The second kappa shape index (κ2) is 9.50. The summed E-state index contributed by atoms with van der Waals surface area (Å²) in [6.07, 6.45) is 1.22. The van der Waals surface area contributed by atoms with Crippen molar-refractivity contribution in [3.8, 4) is 5.75 Å². The van der Waals surface area contributed by atoms with Crippen LogP contribution in [0.1, 0.15) is 24.7 Å². The van der Waals surface area contributed by atoms with Gasteiger partial charge in [0.05, 0.1) is 10.9 Å². The van der Waals surface area contributed by atoms with E-state index in [1.807, 2.05) is 12.1 Å². The molecule has 1 heterocycles. The van der Waals surface area contributed by atoms with Gasteiger partial charge in [0, 0.05) is 12.8 Å². The van der Waals surface area contributed by atoms with Crippen molar-refractivity contribution >= 4 is 22.7 Å². The number of hydrogen-bond acceptors (Lipinski definition) is 5. The molecule has 0 saturated carbocycles. The molecule has 0 aliphatic rings. The van der Waals surface area contributed by atoms with E-state index in [-0.39, 0.29) is 25.0 Å². The highest BCUT2D eigenvalue weighted by atomic mass is 16.5. The van der Waals surface area contributed by atoms with E-state index >= 15 is 0 Å². The number of fused-ring (bicyclic) bond motifs is 1. The van der Waals surface area contributed by atoms with E-state index in [4.69, 9.17) is 4.74 Å². The van der Waals surface area contributed by atoms with E-state index in [0.29, 0.717) is 22.5 Å². The number of hydrazine groups is 1. The van der Waals surface area contributed by atoms with E-state index in [0.717, 1.165) is 6.42 Å². The van der Waals surface area contributed by atoms with Crippen LogP contribution >= 0.6 is 0 Å². The first-order valence-corrected chi connectivity index (χ1v) is 9.32. The number of H-pyrrole nitrogens is 1. The predicted octanol–water partition coefficient (Wildman–Crippen LogP) is 1.64. The lowest BCUT2D eigenvalue weighted by atomic mass is 10.2. The molecule has 0 radical (unpaired) electrons. The summed E-state index contributed by atoms with van der Waals surface area (Å²) in [4.78, 5) is 42.7. The molecule has 0 unspecified atom stereocenters. The van der Waals surface area contributed by atoms with E-state index < -0.39 is 11.8 Å². The molecule has 29 heavy (non-hydrogen) atoms. The van der Waals surface area contributed by atoms with E-state index in [9.17, 15) is 14.4 Å². The van der Waals surface area contributed by atoms with Gasteiger partial charge in [-0.05, 0) is 36.2 Å². The van der Waals surface area contributed by atoms with Crippen LogP contribution in [0.2, 0.25) is 0 Å². The molecule has 3 N–H and O–H groups in total. The van der Waals surface area contributed by atoms with Crippen molar-refractivity contribution in [1.82, 2.24) is 20.8 Å². The maximum atomic E-state index is 12.0. The average molecular weight is 394 g/mol. The Kier molecular flexibility index (Phi) is 6.57. The maximum absolute atomic E-state index is 12.0. The van der Waals surface area contributed by atoms with Crippen molar-refractivity contribution in [2.45, 2.75) is 26.2 Å². The summed E-state index contributed by atoms with van der Waals surface area (Å²) >= 11 is 0. The van der Waals surface area contributed by atoms with Gasteiger partial charge in [0.2, 0.25) is 5.91 Å². The van der Waals surface area contributed by atoms with Gasteiger partial charge in [0.15, 0.2) is 6.61 Å². The van der Waals surface area contributed by atoms with Gasteiger partial charge in [-0.15, -0.1) is 0 Å². The molecule has 2 aromatic carbocycles. The van der Waals surface area contributed by atoms with E-state index in [2.05, 4.69) is 27.7 Å². The van der Waals surface area contributed by atoms with Crippen LogP contribution in [-0.2, 0) is 22.4 Å². The van der Waals surface area contributed by atoms with Gasteiger partial charge < -0.3 is 9.72 Å². The Morgan fingerprint density at radius 2 is 1.76 bits per heavy atom. The van der Waals surface area contributed by atoms with Gasteiger partial charge in [-0.1, -0.05) is 31.2 Å². The molecular weight excluding hydrogens is 372 g/mol. The van der Waals surface area contributed by atoms with Gasteiger partial charge in [-0.25, -0.2) is 4.98 Å². The summed E-state index contributed by atoms with van der Waals surface area (Å²) < 4.78 is 5.37. The third-order valence-corrected chi connectivity index (χ3v) is 4.29. The third kappa shape index (κ3) is 5.65. The number of aryl methyl sites for hydroxylation is 2. The Labute approximate surface area is 167 Å². The van der Waals surface area contributed by atoms with Crippen LogP contribution in [0.5, 0.6) is 5.75 Å². The largest absolute Gasteiger partial charge is 0.484 e. The van der Waals surface area contributed by atoms with Crippen LogP contribution in [-0.4, -0.2) is 28.4 Å². The number of carbonyl (C=O) groups excluding carboxylic acids is 2. The van der Waals surface area contributed by atoms with Crippen LogP contribution in [0.25, 0.3) is 10.9 Å². The quantitative estimate of drug-likeness (QED) is 0.527. The monoisotopic (exact) mass is 394 g/mol. The fraction of sp³-hybridized carbons (Fsp3) is 0.238. The van der Waals surface area contributed by atoms with Crippen molar-refractivity contribution in [3.05, 3.63) is 70.3 Å². The van der Waals surface area contributed by atoms with Crippen LogP contribution in [0, 0.1) is 0 Å². The van der Waals surface area contributed by atoms with E-state index in [1.165, 1.54) is 5.56 Å². The van der Waals surface area contributed by atoms with Gasteiger partial charge in [-0.2, -0.15) is 0 Å². The summed E-state index contributed by atoms with van der Waals surface area (Å²) in [6.45, 7) is 1.84. The molecule has 0 atom stereocenters. The summed E-state index contributed by atoms with van der Waals surface area (Å²) in [6, 6.07) is 14.4. The highest BCUT2D eigenvalue weighted by molar-refractivity contribution is 5.83. The molecular formula is C21H22N4O4. The Bertz CT molecular complexity index is 1060. The number of rotatable bonds is 7. The van der Waals surface area contributed by atoms with Crippen molar-refractivity contribution in [1.29, 1.82) is 0 Å². The maximum Gasteiger partial charge on any atom is 0.276 e. The number of hydrogen-bond donors (Lipinski definition) is 3. The standard InChI is InChI=1S/C21H22N4O4/c1-2-14-7-9-15(10-8-14)29-13-20(27)25-24-19(26)12-11-18-22-17-6-4-3-5-16(17)21(28)23-18/h3-10H,2,11-13H2,1H3,(H,24,26)(H,25,27)(H,22,23,28). The zero-order valence-electron chi connectivity index (χ0n) is 16.0. The molecule has 0 aliphatic heterocycles. The SMILES string of the molecule is CCc1ccc(OCC(=O)NNC(=O)CCc2nc3ccccc3c(=O)[nH]2)cc1. The molecule has 1 aromatic heterocycles. The average Bonchev–Trinajstić information content (AvgIpc) is 2.75. The molecule has 8 heteroatoms. The van der Waals surface area contributed by atoms with E-state index in [1.54, 1.807) is 36.4 Å². The first-order valence-electron chi connectivity index (χ1n) is 9.32. The summed E-state index contributed by atoms with van der Waals surface area (Å²) in [5.74, 6) is 0.112. The number of aromatic amines is 1. The third-order valence-electron chi connectivity index (χ3n) is 4.29. The minimum absolute atomic E-state index is 0.0564. The summed E-state index contributed by atoms with van der Waals surface area (Å²) in [7, 11) is 0. The van der Waals surface area contributed by atoms with Crippen molar-refractivity contribution in [2.24, 2.45) is 0 Å². The Morgan fingerprint density at radius 1 is 1.03 bits per heavy atom. The van der Waals surface area contributed by atoms with Gasteiger partial charge >= 0.3 is 0 Å². The molecule has 0 fully saturated rings. The van der Waals surface area contributed by atoms with Crippen molar-refractivity contribution in [3.63, 3.8) is 0 Å². The number of amides is 2. The predicted molar refractivity (Wildman–Crippen MR) is 108 cm³/mol. The first-order chi connectivity index (χ1) is 14.0. The normalized spacial score (nSPS) is 10.5. The molecule has 0 spiro atoms. The Hall–Kier alpha value is -3.68. The molecule has 8 nitrogen and oxygen atoms in total. The Morgan fingerprint density at radius 3 is 2.52 bits per heavy atom. The smallest absolute Gasteiger partial charge is 0.276 e. The highest BCUT2D eigenvalue weighted by Crippen LogP contribution is 2.12.